The van der Waals surface area contributed by atoms with Crippen LogP contribution in [0.2, 0.25) is 0 Å². The lowest BCUT2D eigenvalue weighted by Crippen LogP contribution is -2.45. The summed E-state index contributed by atoms with van der Waals surface area (Å²) in [6, 6.07) is 20.4. The number of hydrogen-bond donors (Lipinski definition) is 1. The molecule has 4 rings (SSSR count). The van der Waals surface area contributed by atoms with E-state index in [4.69, 9.17) is 4.74 Å². The Morgan fingerprint density at radius 1 is 1.07 bits per heavy atom. The topological polar surface area (TPSA) is 58.6 Å². The largest absolute Gasteiger partial charge is 0.479 e. The molecule has 1 N–H and O–H groups in total. The molecule has 1 aliphatic heterocycles. The second-order valence-electron chi connectivity index (χ2n) is 7.13. The summed E-state index contributed by atoms with van der Waals surface area (Å²) in [5.74, 6) is -0.295. The number of halogens is 1. The average Bonchev–Trinajstić information content (AvgIpc) is 2.75. The Balaban J connectivity index is 1.56. The zero-order valence-corrected chi connectivity index (χ0v) is 16.5. The van der Waals surface area contributed by atoms with Crippen molar-refractivity contribution in [3.05, 3.63) is 89.7 Å². The standard InChI is InChI=1S/C24H21FN2O3/c1-16-24(29)27(14-13-17-5-3-2-4-6-17)21-15-20(11-12-22(21)30-16)26-23(28)18-7-9-19(25)10-8-18/h2-12,15-16H,13-14H2,1H3,(H,26,28). The molecule has 0 spiro atoms. The number of amides is 2. The summed E-state index contributed by atoms with van der Waals surface area (Å²) in [6.45, 7) is 2.23. The van der Waals surface area contributed by atoms with Gasteiger partial charge in [0.15, 0.2) is 6.10 Å². The van der Waals surface area contributed by atoms with Gasteiger partial charge in [-0.15, -0.1) is 0 Å². The molecule has 1 aliphatic rings. The quantitative estimate of drug-likeness (QED) is 0.684. The zero-order valence-electron chi connectivity index (χ0n) is 16.5. The van der Waals surface area contributed by atoms with E-state index in [1.807, 2.05) is 30.3 Å². The molecule has 1 unspecified atom stereocenters. The van der Waals surface area contributed by atoms with Crippen LogP contribution in [0.5, 0.6) is 5.75 Å². The summed E-state index contributed by atoms with van der Waals surface area (Å²) in [4.78, 5) is 26.9. The number of nitrogens with one attached hydrogen (secondary N) is 1. The first-order chi connectivity index (χ1) is 14.5. The number of benzene rings is 3. The molecule has 0 aromatic heterocycles. The van der Waals surface area contributed by atoms with Crippen molar-refractivity contribution >= 4 is 23.2 Å². The van der Waals surface area contributed by atoms with Crippen LogP contribution in [0.1, 0.15) is 22.8 Å². The summed E-state index contributed by atoms with van der Waals surface area (Å²) in [5.41, 5.74) is 2.62. The summed E-state index contributed by atoms with van der Waals surface area (Å²) < 4.78 is 18.8. The maximum atomic E-state index is 13.1. The van der Waals surface area contributed by atoms with Crippen LogP contribution in [0.15, 0.2) is 72.8 Å². The SMILES string of the molecule is CC1Oc2ccc(NC(=O)c3ccc(F)cc3)cc2N(CCc2ccccc2)C1=O. The molecule has 3 aromatic rings. The van der Waals surface area contributed by atoms with E-state index >= 15 is 0 Å². The van der Waals surface area contributed by atoms with E-state index in [2.05, 4.69) is 5.32 Å². The summed E-state index contributed by atoms with van der Waals surface area (Å²) >= 11 is 0. The zero-order chi connectivity index (χ0) is 21.1. The highest BCUT2D eigenvalue weighted by atomic mass is 19.1. The third kappa shape index (κ3) is 4.17. The number of hydrogen-bond acceptors (Lipinski definition) is 3. The Bertz CT molecular complexity index is 1070. The molecule has 30 heavy (non-hydrogen) atoms. The van der Waals surface area contributed by atoms with Crippen LogP contribution in [0, 0.1) is 5.82 Å². The van der Waals surface area contributed by atoms with E-state index in [9.17, 15) is 14.0 Å². The maximum Gasteiger partial charge on any atom is 0.267 e. The number of carbonyl (C=O) groups excluding carboxylic acids is 2. The van der Waals surface area contributed by atoms with Gasteiger partial charge >= 0.3 is 0 Å². The van der Waals surface area contributed by atoms with Gasteiger partial charge in [-0.25, -0.2) is 4.39 Å². The summed E-state index contributed by atoms with van der Waals surface area (Å²) in [7, 11) is 0. The number of nitrogens with zero attached hydrogens (tertiary/aromatic N) is 1. The molecule has 152 valence electrons. The Kier molecular flexibility index (Phi) is 5.48. The molecule has 0 aliphatic carbocycles. The number of anilines is 2. The van der Waals surface area contributed by atoms with Crippen LogP contribution in [-0.4, -0.2) is 24.5 Å². The van der Waals surface area contributed by atoms with E-state index in [0.29, 0.717) is 35.7 Å². The third-order valence-electron chi connectivity index (χ3n) is 5.00. The molecule has 1 heterocycles. The van der Waals surface area contributed by atoms with Crippen LogP contribution in [-0.2, 0) is 11.2 Å². The maximum absolute atomic E-state index is 13.1. The van der Waals surface area contributed by atoms with Crippen molar-refractivity contribution in [1.82, 2.24) is 0 Å². The smallest absolute Gasteiger partial charge is 0.267 e. The first-order valence-electron chi connectivity index (χ1n) is 9.74. The molecule has 3 aromatic carbocycles. The lowest BCUT2D eigenvalue weighted by molar-refractivity contribution is -0.125. The van der Waals surface area contributed by atoms with Crippen LogP contribution in [0.25, 0.3) is 0 Å². The molecule has 0 saturated carbocycles. The van der Waals surface area contributed by atoms with Crippen molar-refractivity contribution in [2.45, 2.75) is 19.4 Å². The number of ether oxygens (including phenoxy) is 1. The van der Waals surface area contributed by atoms with Crippen molar-refractivity contribution in [3.63, 3.8) is 0 Å². The number of carbonyl (C=O) groups is 2. The highest BCUT2D eigenvalue weighted by molar-refractivity contribution is 6.05. The summed E-state index contributed by atoms with van der Waals surface area (Å²) in [5, 5.41) is 2.79. The first kappa shape index (κ1) is 19.6. The van der Waals surface area contributed by atoms with Gasteiger partial charge in [0.05, 0.1) is 5.69 Å². The highest BCUT2D eigenvalue weighted by Crippen LogP contribution is 2.36. The predicted molar refractivity (Wildman–Crippen MR) is 113 cm³/mol. The van der Waals surface area contributed by atoms with Gasteiger partial charge in [-0.2, -0.15) is 0 Å². The van der Waals surface area contributed by atoms with Gasteiger partial charge in [0.1, 0.15) is 11.6 Å². The van der Waals surface area contributed by atoms with Crippen molar-refractivity contribution in [2.75, 3.05) is 16.8 Å². The molecular formula is C24H21FN2O3. The van der Waals surface area contributed by atoms with E-state index in [1.54, 1.807) is 30.0 Å². The van der Waals surface area contributed by atoms with Crippen molar-refractivity contribution in [2.24, 2.45) is 0 Å². The van der Waals surface area contributed by atoms with Crippen molar-refractivity contribution in [1.29, 1.82) is 0 Å². The highest BCUT2D eigenvalue weighted by Gasteiger charge is 2.31. The second kappa shape index (κ2) is 8.37. The number of fused-ring (bicyclic) bond motifs is 1. The first-order valence-corrected chi connectivity index (χ1v) is 9.74. The lowest BCUT2D eigenvalue weighted by Gasteiger charge is -2.33. The van der Waals surface area contributed by atoms with Gasteiger partial charge in [-0.3, -0.25) is 9.59 Å². The Morgan fingerprint density at radius 3 is 2.53 bits per heavy atom. The minimum Gasteiger partial charge on any atom is -0.479 e. The van der Waals surface area contributed by atoms with Gasteiger partial charge in [0, 0.05) is 17.8 Å². The summed E-state index contributed by atoms with van der Waals surface area (Å²) in [6.07, 6.45) is 0.123. The van der Waals surface area contributed by atoms with E-state index in [0.717, 1.165) is 5.56 Å². The van der Waals surface area contributed by atoms with Gasteiger partial charge < -0.3 is 15.0 Å². The molecule has 0 bridgehead atoms. The monoisotopic (exact) mass is 404 g/mol. The van der Waals surface area contributed by atoms with Crippen molar-refractivity contribution in [3.8, 4) is 5.75 Å². The van der Waals surface area contributed by atoms with Gasteiger partial charge in [0.25, 0.3) is 11.8 Å². The predicted octanol–water partition coefficient (Wildman–Crippen LogP) is 4.43. The fourth-order valence-corrected chi connectivity index (χ4v) is 3.41. The molecule has 0 saturated heterocycles. The molecule has 0 fully saturated rings. The van der Waals surface area contributed by atoms with Gasteiger partial charge in [-0.1, -0.05) is 30.3 Å². The molecule has 1 atom stereocenters. The normalized spacial score (nSPS) is 15.3. The molecule has 5 nitrogen and oxygen atoms in total. The van der Waals surface area contributed by atoms with Gasteiger partial charge in [0.2, 0.25) is 0 Å². The van der Waals surface area contributed by atoms with Crippen LogP contribution >= 0.6 is 0 Å². The minimum atomic E-state index is -0.576. The van der Waals surface area contributed by atoms with Crippen molar-refractivity contribution < 1.29 is 18.7 Å². The molecule has 2 amide bonds. The fraction of sp³-hybridized carbons (Fsp3) is 0.167. The lowest BCUT2D eigenvalue weighted by atomic mass is 10.1. The van der Waals surface area contributed by atoms with E-state index < -0.39 is 11.9 Å². The van der Waals surface area contributed by atoms with Gasteiger partial charge in [-0.05, 0) is 61.4 Å². The molecule has 6 heteroatoms. The fourth-order valence-electron chi connectivity index (χ4n) is 3.41. The number of rotatable bonds is 5. The third-order valence-corrected chi connectivity index (χ3v) is 5.00. The molecule has 0 radical (unpaired) electrons. The van der Waals surface area contributed by atoms with Crippen LogP contribution in [0.3, 0.4) is 0 Å². The van der Waals surface area contributed by atoms with Crippen LogP contribution < -0.4 is 15.0 Å². The molecular weight excluding hydrogens is 383 g/mol. The second-order valence-corrected chi connectivity index (χ2v) is 7.13. The Labute approximate surface area is 174 Å². The van der Waals surface area contributed by atoms with E-state index in [1.165, 1.54) is 24.3 Å². The van der Waals surface area contributed by atoms with Crippen LogP contribution in [0.4, 0.5) is 15.8 Å². The van der Waals surface area contributed by atoms with E-state index in [-0.39, 0.29) is 11.8 Å². The minimum absolute atomic E-state index is 0.125. The average molecular weight is 404 g/mol. The Hall–Kier alpha value is -3.67. The Morgan fingerprint density at radius 2 is 1.80 bits per heavy atom.